The van der Waals surface area contributed by atoms with Gasteiger partial charge in [-0.05, 0) is 37.1 Å². The fraction of sp³-hybridized carbons (Fsp3) is 0.429. The zero-order valence-electron chi connectivity index (χ0n) is 11.2. The Morgan fingerprint density at radius 3 is 2.50 bits per heavy atom. The number of amides is 1. The van der Waals surface area contributed by atoms with E-state index >= 15 is 0 Å². The molecule has 1 unspecified atom stereocenters. The quantitative estimate of drug-likeness (QED) is 0.915. The number of hydrogen-bond acceptors (Lipinski definition) is 4. The van der Waals surface area contributed by atoms with Crippen LogP contribution in [0.25, 0.3) is 0 Å². The second kappa shape index (κ2) is 6.27. The molecule has 2 rings (SSSR count). The number of hydrogen-bond donors (Lipinski definition) is 1. The first kappa shape index (κ1) is 14.2. The number of ether oxygens (including phenoxy) is 2. The summed E-state index contributed by atoms with van der Waals surface area (Å²) in [6.45, 7) is 0.725. The molecule has 1 fully saturated rings. The summed E-state index contributed by atoms with van der Waals surface area (Å²) in [6.07, 6.45) is 0.761. The molecule has 1 aliphatic heterocycles. The molecule has 1 aromatic rings. The molecule has 108 valence electrons. The molecular weight excluding hydrogens is 262 g/mol. The van der Waals surface area contributed by atoms with Gasteiger partial charge in [-0.2, -0.15) is 0 Å². The van der Waals surface area contributed by atoms with E-state index in [0.717, 1.165) is 0 Å². The molecule has 1 N–H and O–H groups in total. The molecule has 6 nitrogen and oxygen atoms in total. The molecular formula is C14H17NO5. The van der Waals surface area contributed by atoms with Crippen molar-refractivity contribution in [2.24, 2.45) is 5.92 Å². The second-order valence-electron chi connectivity index (χ2n) is 4.67. The molecule has 1 heterocycles. The predicted octanol–water partition coefficient (Wildman–Crippen LogP) is 1.99. The molecule has 1 amide bonds. The number of nitrogens with zero attached hydrogens (tertiary/aromatic N) is 1. The molecule has 1 aromatic carbocycles. The van der Waals surface area contributed by atoms with Crippen molar-refractivity contribution in [3.8, 4) is 11.5 Å². The van der Waals surface area contributed by atoms with Crippen molar-refractivity contribution in [3.63, 3.8) is 0 Å². The first-order chi connectivity index (χ1) is 9.60. The summed E-state index contributed by atoms with van der Waals surface area (Å²) in [5.74, 6) is -0.291. The van der Waals surface area contributed by atoms with Crippen LogP contribution in [0.15, 0.2) is 24.3 Å². The summed E-state index contributed by atoms with van der Waals surface area (Å²) in [5, 5.41) is 8.99. The Morgan fingerprint density at radius 2 is 1.90 bits per heavy atom. The van der Waals surface area contributed by atoms with Gasteiger partial charge in [0.25, 0.3) is 0 Å². The third-order valence-electron chi connectivity index (χ3n) is 3.29. The molecule has 1 atom stereocenters. The molecule has 6 heteroatoms. The SMILES string of the molecule is COc1ccc(OC(=O)N2CCCC(C(=O)O)C2)cc1. The summed E-state index contributed by atoms with van der Waals surface area (Å²) < 4.78 is 10.2. The maximum absolute atomic E-state index is 12.0. The summed E-state index contributed by atoms with van der Waals surface area (Å²) in [4.78, 5) is 24.4. The zero-order chi connectivity index (χ0) is 14.5. The van der Waals surface area contributed by atoms with Crippen LogP contribution >= 0.6 is 0 Å². The topological polar surface area (TPSA) is 76.1 Å². The van der Waals surface area contributed by atoms with Crippen molar-refractivity contribution in [1.82, 2.24) is 4.90 Å². The number of methoxy groups -OCH3 is 1. The van der Waals surface area contributed by atoms with Crippen LogP contribution in [0, 0.1) is 5.92 Å². The van der Waals surface area contributed by atoms with Crippen molar-refractivity contribution in [1.29, 1.82) is 0 Å². The van der Waals surface area contributed by atoms with Gasteiger partial charge in [0.15, 0.2) is 0 Å². The highest BCUT2D eigenvalue weighted by Crippen LogP contribution is 2.20. The van der Waals surface area contributed by atoms with E-state index in [4.69, 9.17) is 14.6 Å². The molecule has 0 radical (unpaired) electrons. The summed E-state index contributed by atoms with van der Waals surface area (Å²) in [5.41, 5.74) is 0. The molecule has 0 aliphatic carbocycles. The smallest absolute Gasteiger partial charge is 0.415 e. The molecule has 1 saturated heterocycles. The molecule has 0 saturated carbocycles. The number of carbonyl (C=O) groups is 2. The van der Waals surface area contributed by atoms with Gasteiger partial charge in [0.05, 0.1) is 13.0 Å². The fourth-order valence-corrected chi connectivity index (χ4v) is 2.15. The number of piperidine rings is 1. The molecule has 20 heavy (non-hydrogen) atoms. The highest BCUT2D eigenvalue weighted by molar-refractivity contribution is 5.74. The first-order valence-electron chi connectivity index (χ1n) is 6.44. The monoisotopic (exact) mass is 279 g/mol. The summed E-state index contributed by atoms with van der Waals surface area (Å²) in [6, 6.07) is 6.66. The Bertz CT molecular complexity index is 485. The van der Waals surface area contributed by atoms with E-state index in [0.29, 0.717) is 30.9 Å². The standard InChI is InChI=1S/C14H17NO5/c1-19-11-4-6-12(7-5-11)20-14(18)15-8-2-3-10(9-15)13(16)17/h4-7,10H,2-3,8-9H2,1H3,(H,16,17). The third kappa shape index (κ3) is 3.40. The van der Waals surface area contributed by atoms with E-state index < -0.39 is 18.0 Å². The fourth-order valence-electron chi connectivity index (χ4n) is 2.15. The van der Waals surface area contributed by atoms with Crippen LogP contribution in [0.2, 0.25) is 0 Å². The lowest BCUT2D eigenvalue weighted by Crippen LogP contribution is -2.43. The van der Waals surface area contributed by atoms with Gasteiger partial charge in [-0.1, -0.05) is 0 Å². The minimum absolute atomic E-state index is 0.199. The van der Waals surface area contributed by atoms with Crippen LogP contribution in [0.4, 0.5) is 4.79 Å². The number of carbonyl (C=O) groups excluding carboxylic acids is 1. The van der Waals surface area contributed by atoms with Crippen LogP contribution < -0.4 is 9.47 Å². The van der Waals surface area contributed by atoms with Crippen molar-refractivity contribution in [3.05, 3.63) is 24.3 Å². The molecule has 0 aromatic heterocycles. The number of benzene rings is 1. The average molecular weight is 279 g/mol. The summed E-state index contributed by atoms with van der Waals surface area (Å²) in [7, 11) is 1.56. The Morgan fingerprint density at radius 1 is 1.25 bits per heavy atom. The number of carboxylic acid groups (broad SMARTS) is 1. The van der Waals surface area contributed by atoms with E-state index in [1.807, 2.05) is 0 Å². The van der Waals surface area contributed by atoms with Crippen molar-refractivity contribution in [2.45, 2.75) is 12.8 Å². The van der Waals surface area contributed by atoms with Gasteiger partial charge in [-0.15, -0.1) is 0 Å². The minimum atomic E-state index is -0.869. The Hall–Kier alpha value is -2.24. The second-order valence-corrected chi connectivity index (χ2v) is 4.67. The first-order valence-corrected chi connectivity index (χ1v) is 6.44. The normalized spacial score (nSPS) is 18.4. The van der Waals surface area contributed by atoms with Crippen LogP contribution in [-0.2, 0) is 4.79 Å². The van der Waals surface area contributed by atoms with Gasteiger partial charge in [0, 0.05) is 13.1 Å². The van der Waals surface area contributed by atoms with Gasteiger partial charge in [0.2, 0.25) is 0 Å². The lowest BCUT2D eigenvalue weighted by molar-refractivity contribution is -0.143. The lowest BCUT2D eigenvalue weighted by Gasteiger charge is -2.29. The Kier molecular flexibility index (Phi) is 4.45. The predicted molar refractivity (Wildman–Crippen MR) is 71.0 cm³/mol. The van der Waals surface area contributed by atoms with E-state index in [1.165, 1.54) is 4.90 Å². The van der Waals surface area contributed by atoms with Gasteiger partial charge < -0.3 is 19.5 Å². The van der Waals surface area contributed by atoms with Gasteiger partial charge in [-0.3, -0.25) is 4.79 Å². The van der Waals surface area contributed by atoms with Crippen LogP contribution in [0.5, 0.6) is 11.5 Å². The Balaban J connectivity index is 1.95. The van der Waals surface area contributed by atoms with Crippen LogP contribution in [0.1, 0.15) is 12.8 Å². The molecule has 0 spiro atoms. The largest absolute Gasteiger partial charge is 0.497 e. The highest BCUT2D eigenvalue weighted by atomic mass is 16.6. The molecule has 1 aliphatic rings. The minimum Gasteiger partial charge on any atom is -0.497 e. The number of aliphatic carboxylic acids is 1. The van der Waals surface area contributed by atoms with Gasteiger partial charge >= 0.3 is 12.1 Å². The van der Waals surface area contributed by atoms with E-state index in [9.17, 15) is 9.59 Å². The van der Waals surface area contributed by atoms with Crippen LogP contribution in [0.3, 0.4) is 0 Å². The van der Waals surface area contributed by atoms with E-state index in [1.54, 1.807) is 31.4 Å². The van der Waals surface area contributed by atoms with E-state index in [2.05, 4.69) is 0 Å². The maximum Gasteiger partial charge on any atom is 0.415 e. The number of carboxylic acids is 1. The number of likely N-dealkylation sites (tertiary alicyclic amines) is 1. The third-order valence-corrected chi connectivity index (χ3v) is 3.29. The van der Waals surface area contributed by atoms with Gasteiger partial charge in [0.1, 0.15) is 11.5 Å². The van der Waals surface area contributed by atoms with Crippen molar-refractivity contribution >= 4 is 12.1 Å². The van der Waals surface area contributed by atoms with Crippen LogP contribution in [-0.4, -0.2) is 42.3 Å². The summed E-state index contributed by atoms with van der Waals surface area (Å²) >= 11 is 0. The lowest BCUT2D eigenvalue weighted by atomic mass is 9.99. The Labute approximate surface area is 116 Å². The number of rotatable bonds is 3. The highest BCUT2D eigenvalue weighted by Gasteiger charge is 2.29. The van der Waals surface area contributed by atoms with Gasteiger partial charge in [-0.25, -0.2) is 4.79 Å². The van der Waals surface area contributed by atoms with Crippen molar-refractivity contribution < 1.29 is 24.2 Å². The molecule has 0 bridgehead atoms. The zero-order valence-corrected chi connectivity index (χ0v) is 11.2. The van der Waals surface area contributed by atoms with Crippen molar-refractivity contribution in [2.75, 3.05) is 20.2 Å². The average Bonchev–Trinajstić information content (AvgIpc) is 2.48. The maximum atomic E-state index is 12.0. The van der Waals surface area contributed by atoms with E-state index in [-0.39, 0.29) is 6.54 Å².